The molecule has 0 spiro atoms. The predicted octanol–water partition coefficient (Wildman–Crippen LogP) is 1.48. The van der Waals surface area contributed by atoms with Crippen LogP contribution in [-0.4, -0.2) is 37.2 Å². The summed E-state index contributed by atoms with van der Waals surface area (Å²) >= 11 is 0. The van der Waals surface area contributed by atoms with E-state index in [0.29, 0.717) is 0 Å². The van der Waals surface area contributed by atoms with Gasteiger partial charge in [0.15, 0.2) is 0 Å². The number of hydrogen-bond donors (Lipinski definition) is 0. The summed E-state index contributed by atoms with van der Waals surface area (Å²) in [5.74, 6) is -2.76. The largest absolute Gasteiger partial charge is 0.466 e. The van der Waals surface area contributed by atoms with Gasteiger partial charge >= 0.3 is 17.9 Å². The summed E-state index contributed by atoms with van der Waals surface area (Å²) in [7, 11) is 0. The summed E-state index contributed by atoms with van der Waals surface area (Å²) in [6, 6.07) is 0. The summed E-state index contributed by atoms with van der Waals surface area (Å²) in [4.78, 5) is 36.0. The van der Waals surface area contributed by atoms with Gasteiger partial charge in [-0.2, -0.15) is 0 Å². The highest BCUT2D eigenvalue weighted by Crippen LogP contribution is 2.43. The van der Waals surface area contributed by atoms with Gasteiger partial charge in [-0.3, -0.25) is 14.4 Å². The van der Waals surface area contributed by atoms with Crippen molar-refractivity contribution in [2.75, 3.05) is 13.2 Å². The lowest BCUT2D eigenvalue weighted by Gasteiger charge is -2.30. The van der Waals surface area contributed by atoms with Gasteiger partial charge in [0.1, 0.15) is 6.10 Å². The lowest BCUT2D eigenvalue weighted by atomic mass is 9.70. The maximum atomic E-state index is 12.2. The van der Waals surface area contributed by atoms with E-state index in [-0.39, 0.29) is 37.4 Å². The van der Waals surface area contributed by atoms with E-state index in [1.54, 1.807) is 13.8 Å². The molecule has 0 N–H and O–H groups in total. The van der Waals surface area contributed by atoms with Crippen LogP contribution in [0.1, 0.15) is 27.2 Å². The molecule has 6 nitrogen and oxygen atoms in total. The zero-order valence-electron chi connectivity index (χ0n) is 13.1. The summed E-state index contributed by atoms with van der Waals surface area (Å²) in [6.45, 7) is 5.88. The van der Waals surface area contributed by atoms with Gasteiger partial charge in [-0.25, -0.2) is 0 Å². The van der Waals surface area contributed by atoms with E-state index >= 15 is 0 Å². The van der Waals surface area contributed by atoms with E-state index < -0.39 is 29.9 Å². The SMILES string of the molecule is CCOC(=O)C[C@H]1OC(=O)[C@@H]2[C@@H]1C=C[C@@H](C)[C@H]2C(=O)OCC. The van der Waals surface area contributed by atoms with Gasteiger partial charge in [-0.05, 0) is 19.8 Å². The third-order valence-corrected chi connectivity index (χ3v) is 4.21. The lowest BCUT2D eigenvalue weighted by molar-refractivity contribution is -0.158. The number of carbonyl (C=O) groups is 3. The molecule has 122 valence electrons. The topological polar surface area (TPSA) is 78.9 Å². The summed E-state index contributed by atoms with van der Waals surface area (Å²) < 4.78 is 15.3. The molecule has 0 aromatic heterocycles. The van der Waals surface area contributed by atoms with Crippen molar-refractivity contribution >= 4 is 17.9 Å². The Kier molecular flexibility index (Phi) is 5.21. The zero-order chi connectivity index (χ0) is 16.3. The number of rotatable bonds is 5. The van der Waals surface area contributed by atoms with Crippen molar-refractivity contribution in [3.8, 4) is 0 Å². The number of esters is 3. The molecule has 0 amide bonds. The molecule has 1 aliphatic heterocycles. The smallest absolute Gasteiger partial charge is 0.310 e. The normalized spacial score (nSPS) is 33.0. The zero-order valence-corrected chi connectivity index (χ0v) is 13.1. The average molecular weight is 310 g/mol. The van der Waals surface area contributed by atoms with Crippen molar-refractivity contribution in [1.82, 2.24) is 0 Å². The fourth-order valence-corrected chi connectivity index (χ4v) is 3.24. The highest BCUT2D eigenvalue weighted by molar-refractivity contribution is 5.85. The van der Waals surface area contributed by atoms with E-state index in [2.05, 4.69) is 0 Å². The number of carbonyl (C=O) groups excluding carboxylic acids is 3. The first-order chi connectivity index (χ1) is 10.5. The molecule has 0 saturated carbocycles. The van der Waals surface area contributed by atoms with Crippen LogP contribution < -0.4 is 0 Å². The molecule has 0 radical (unpaired) electrons. The minimum absolute atomic E-state index is 0.00894. The molecule has 1 aliphatic carbocycles. The Morgan fingerprint density at radius 2 is 1.86 bits per heavy atom. The minimum Gasteiger partial charge on any atom is -0.466 e. The Bertz CT molecular complexity index is 483. The molecule has 1 fully saturated rings. The van der Waals surface area contributed by atoms with Crippen LogP contribution in [0.25, 0.3) is 0 Å². The molecule has 6 heteroatoms. The van der Waals surface area contributed by atoms with Crippen LogP contribution in [0, 0.1) is 23.7 Å². The molecule has 0 aromatic carbocycles. The van der Waals surface area contributed by atoms with Gasteiger partial charge in [0.2, 0.25) is 0 Å². The maximum absolute atomic E-state index is 12.2. The lowest BCUT2D eigenvalue weighted by Crippen LogP contribution is -2.39. The van der Waals surface area contributed by atoms with E-state index in [1.165, 1.54) is 0 Å². The molecule has 0 unspecified atom stereocenters. The molecule has 0 aromatic rings. The Morgan fingerprint density at radius 3 is 2.50 bits per heavy atom. The third kappa shape index (κ3) is 3.15. The standard InChI is InChI=1S/C16H22O6/c1-4-20-12(17)8-11-10-7-6-9(3)13(15(18)21-5-2)14(10)16(19)22-11/h6-7,9-11,13-14H,4-5,8H2,1-3H3/t9-,10-,11-,13-,14-/m1/s1. The van der Waals surface area contributed by atoms with Gasteiger partial charge in [-0.15, -0.1) is 0 Å². The summed E-state index contributed by atoms with van der Waals surface area (Å²) in [6.07, 6.45) is 3.20. The van der Waals surface area contributed by atoms with Gasteiger partial charge < -0.3 is 14.2 Å². The molecule has 5 atom stereocenters. The first-order valence-corrected chi connectivity index (χ1v) is 7.70. The monoisotopic (exact) mass is 310 g/mol. The fourth-order valence-electron chi connectivity index (χ4n) is 3.24. The molecule has 22 heavy (non-hydrogen) atoms. The van der Waals surface area contributed by atoms with Crippen LogP contribution in [-0.2, 0) is 28.6 Å². The Hall–Kier alpha value is -1.85. The highest BCUT2D eigenvalue weighted by atomic mass is 16.6. The van der Waals surface area contributed by atoms with Gasteiger partial charge in [0.05, 0.1) is 31.5 Å². The Balaban J connectivity index is 2.17. The maximum Gasteiger partial charge on any atom is 0.310 e. The molecule has 0 bridgehead atoms. The van der Waals surface area contributed by atoms with E-state index in [9.17, 15) is 14.4 Å². The first-order valence-electron chi connectivity index (χ1n) is 7.70. The molecule has 1 heterocycles. The van der Waals surface area contributed by atoms with Crippen molar-refractivity contribution in [2.45, 2.75) is 33.3 Å². The van der Waals surface area contributed by atoms with Crippen LogP contribution >= 0.6 is 0 Å². The Labute approximate surface area is 129 Å². The first kappa shape index (κ1) is 16.5. The van der Waals surface area contributed by atoms with E-state index in [4.69, 9.17) is 14.2 Å². The molecule has 2 aliphatic rings. The van der Waals surface area contributed by atoms with Crippen molar-refractivity contribution < 1.29 is 28.6 Å². The Morgan fingerprint density at radius 1 is 1.18 bits per heavy atom. The number of hydrogen-bond acceptors (Lipinski definition) is 6. The minimum atomic E-state index is -0.585. The van der Waals surface area contributed by atoms with Crippen LogP contribution in [0.2, 0.25) is 0 Å². The quantitative estimate of drug-likeness (QED) is 0.435. The van der Waals surface area contributed by atoms with Crippen molar-refractivity contribution in [3.05, 3.63) is 12.2 Å². The molecule has 1 saturated heterocycles. The van der Waals surface area contributed by atoms with Crippen molar-refractivity contribution in [1.29, 1.82) is 0 Å². The van der Waals surface area contributed by atoms with Gasteiger partial charge in [0.25, 0.3) is 0 Å². The third-order valence-electron chi connectivity index (χ3n) is 4.21. The second kappa shape index (κ2) is 6.94. The molecular weight excluding hydrogens is 288 g/mol. The second-order valence-electron chi connectivity index (χ2n) is 5.61. The van der Waals surface area contributed by atoms with Crippen molar-refractivity contribution in [3.63, 3.8) is 0 Å². The molecule has 2 rings (SSSR count). The summed E-state index contributed by atoms with van der Waals surface area (Å²) in [5, 5.41) is 0. The van der Waals surface area contributed by atoms with Crippen molar-refractivity contribution in [2.24, 2.45) is 23.7 Å². The number of fused-ring (bicyclic) bond motifs is 1. The second-order valence-corrected chi connectivity index (χ2v) is 5.61. The average Bonchev–Trinajstić information content (AvgIpc) is 2.75. The summed E-state index contributed by atoms with van der Waals surface area (Å²) in [5.41, 5.74) is 0. The van der Waals surface area contributed by atoms with Crippen LogP contribution in [0.15, 0.2) is 12.2 Å². The highest BCUT2D eigenvalue weighted by Gasteiger charge is 2.53. The predicted molar refractivity (Wildman–Crippen MR) is 76.5 cm³/mol. The van der Waals surface area contributed by atoms with E-state index in [1.807, 2.05) is 19.1 Å². The van der Waals surface area contributed by atoms with E-state index in [0.717, 1.165) is 0 Å². The van der Waals surface area contributed by atoms with Crippen LogP contribution in [0.3, 0.4) is 0 Å². The number of cyclic esters (lactones) is 1. The fraction of sp³-hybridized carbons (Fsp3) is 0.688. The van der Waals surface area contributed by atoms with Crippen LogP contribution in [0.5, 0.6) is 0 Å². The number of allylic oxidation sites excluding steroid dienone is 1. The van der Waals surface area contributed by atoms with Crippen LogP contribution in [0.4, 0.5) is 0 Å². The molecular formula is C16H22O6. The van der Waals surface area contributed by atoms with Gasteiger partial charge in [0, 0.05) is 5.92 Å². The number of ether oxygens (including phenoxy) is 3. The van der Waals surface area contributed by atoms with Gasteiger partial charge in [-0.1, -0.05) is 19.1 Å².